The number of rotatable bonds is 0. The Hall–Kier alpha value is -0.505. The number of carbonyl (C=O) groups excluding carboxylic acids is 1. The first-order valence-corrected chi connectivity index (χ1v) is 2.66. The minimum absolute atomic E-state index is 0.245. The van der Waals surface area contributed by atoms with E-state index in [4.69, 9.17) is 0 Å². The third kappa shape index (κ3) is 101. The fraction of sp³-hybridized carbons (Fsp3) is 0.800. The van der Waals surface area contributed by atoms with Gasteiger partial charge in [0.1, 0.15) is 0 Å². The van der Waals surface area contributed by atoms with Crippen LogP contribution in [0.1, 0.15) is 0 Å². The molecule has 4 heteroatoms. The van der Waals surface area contributed by atoms with Crippen molar-refractivity contribution in [3.05, 3.63) is 0 Å². The van der Waals surface area contributed by atoms with Crippen molar-refractivity contribution in [2.45, 2.75) is 0 Å². The van der Waals surface area contributed by atoms with Crippen molar-refractivity contribution in [3.8, 4) is 0 Å². The van der Waals surface area contributed by atoms with Crippen molar-refractivity contribution in [2.24, 2.45) is 0 Å². The van der Waals surface area contributed by atoms with Crippen LogP contribution in [-0.2, 0) is 4.74 Å². The van der Waals surface area contributed by atoms with E-state index in [2.05, 4.69) is 4.74 Å². The quantitative estimate of drug-likeness (QED) is 0.417. The van der Waals surface area contributed by atoms with Crippen molar-refractivity contribution in [1.29, 1.82) is 0 Å². The summed E-state index contributed by atoms with van der Waals surface area (Å²) < 4.78 is 4.11. The summed E-state index contributed by atoms with van der Waals surface area (Å²) in [5.74, 6) is -0.245. The van der Waals surface area contributed by atoms with Crippen LogP contribution in [0.3, 0.4) is 0 Å². The van der Waals surface area contributed by atoms with Gasteiger partial charge in [-0.05, 0) is 21.1 Å². The first-order chi connectivity index (χ1) is 4.00. The molecule has 9 heavy (non-hydrogen) atoms. The van der Waals surface area contributed by atoms with Gasteiger partial charge >= 0.3 is 0 Å². The molecule has 0 atom stereocenters. The van der Waals surface area contributed by atoms with Crippen molar-refractivity contribution < 1.29 is 9.53 Å². The van der Waals surface area contributed by atoms with Gasteiger partial charge in [-0.1, -0.05) is 0 Å². The number of hydrogen-bond donors (Lipinski definition) is 0. The summed E-state index contributed by atoms with van der Waals surface area (Å²) in [6.07, 6.45) is 0. The summed E-state index contributed by atoms with van der Waals surface area (Å²) in [5.41, 5.74) is 0. The predicted octanol–water partition coefficient (Wildman–Crippen LogP) is -0.436. The Labute approximate surface area is 57.4 Å². The van der Waals surface area contributed by atoms with Crippen LogP contribution in [0.4, 0.5) is 4.79 Å². The third-order valence-corrected chi connectivity index (χ3v) is 0.287. The number of nitrogens with zero attached hydrogens (tertiary/aromatic N) is 1. The van der Waals surface area contributed by atoms with Gasteiger partial charge in [0.15, 0.2) is 0 Å². The SMILES string of the molecule is BC(=O)OC.CN(C)C. The maximum absolute atomic E-state index is 9.59. The molecule has 0 amide bonds. The van der Waals surface area contributed by atoms with E-state index in [0.29, 0.717) is 0 Å². The van der Waals surface area contributed by atoms with Crippen LogP contribution in [-0.4, -0.2) is 46.9 Å². The van der Waals surface area contributed by atoms with E-state index in [1.807, 2.05) is 26.0 Å². The second kappa shape index (κ2) is 7.49. The molecule has 0 aliphatic carbocycles. The minimum Gasteiger partial charge on any atom is -0.477 e. The maximum atomic E-state index is 9.59. The highest BCUT2D eigenvalue weighted by Crippen LogP contribution is 1.59. The van der Waals surface area contributed by atoms with Gasteiger partial charge in [-0.3, -0.25) is 4.79 Å². The highest BCUT2D eigenvalue weighted by Gasteiger charge is 1.76. The summed E-state index contributed by atoms with van der Waals surface area (Å²) in [6.45, 7) is 0. The van der Waals surface area contributed by atoms with Gasteiger partial charge in [0.2, 0.25) is 13.7 Å². The molecular formula is C5H14BNO2. The lowest BCUT2D eigenvalue weighted by atomic mass is 10.2. The Morgan fingerprint density at radius 3 is 1.56 bits per heavy atom. The van der Waals surface area contributed by atoms with Crippen LogP contribution >= 0.6 is 0 Å². The van der Waals surface area contributed by atoms with Gasteiger partial charge in [0, 0.05) is 0 Å². The van der Waals surface area contributed by atoms with Crippen LogP contribution < -0.4 is 0 Å². The Morgan fingerprint density at radius 1 is 1.44 bits per heavy atom. The lowest BCUT2D eigenvalue weighted by Crippen LogP contribution is -1.99. The van der Waals surface area contributed by atoms with E-state index in [-0.39, 0.29) is 5.87 Å². The zero-order chi connectivity index (χ0) is 7.86. The Balaban J connectivity index is 0. The molecular weight excluding hydrogens is 117 g/mol. The first kappa shape index (κ1) is 11.3. The lowest BCUT2D eigenvalue weighted by molar-refractivity contribution is 0.198. The molecule has 0 aromatic heterocycles. The van der Waals surface area contributed by atoms with E-state index in [1.165, 1.54) is 15.0 Å². The average Bonchev–Trinajstić information content (AvgIpc) is 1.65. The zero-order valence-corrected chi connectivity index (χ0v) is 6.76. The molecule has 0 spiro atoms. The predicted molar refractivity (Wildman–Crippen MR) is 40.6 cm³/mol. The smallest absolute Gasteiger partial charge is 0.242 e. The van der Waals surface area contributed by atoms with Crippen molar-refractivity contribution in [1.82, 2.24) is 4.90 Å². The molecule has 0 rings (SSSR count). The van der Waals surface area contributed by atoms with Crippen molar-refractivity contribution in [2.75, 3.05) is 28.3 Å². The second-order valence-electron chi connectivity index (χ2n) is 2.04. The molecule has 0 N–H and O–H groups in total. The van der Waals surface area contributed by atoms with Crippen LogP contribution in [0.15, 0.2) is 0 Å². The molecule has 0 radical (unpaired) electrons. The Bertz CT molecular complexity index is 72.6. The molecule has 0 unspecified atom stereocenters. The number of carbonyl (C=O) groups is 1. The van der Waals surface area contributed by atoms with Crippen LogP contribution in [0.5, 0.6) is 0 Å². The van der Waals surface area contributed by atoms with Gasteiger partial charge < -0.3 is 9.64 Å². The number of ether oxygens (including phenoxy) is 1. The van der Waals surface area contributed by atoms with Gasteiger partial charge in [0.05, 0.1) is 7.11 Å². The molecule has 0 bridgehead atoms. The van der Waals surface area contributed by atoms with Crippen LogP contribution in [0.25, 0.3) is 0 Å². The second-order valence-corrected chi connectivity index (χ2v) is 2.04. The highest BCUT2D eigenvalue weighted by atomic mass is 16.5. The van der Waals surface area contributed by atoms with Crippen molar-refractivity contribution in [3.63, 3.8) is 0 Å². The van der Waals surface area contributed by atoms with Gasteiger partial charge in [-0.25, -0.2) is 0 Å². The molecule has 54 valence electrons. The molecule has 3 nitrogen and oxygen atoms in total. The first-order valence-electron chi connectivity index (χ1n) is 2.66. The van der Waals surface area contributed by atoms with E-state index < -0.39 is 0 Å². The highest BCUT2D eigenvalue weighted by molar-refractivity contribution is 6.55. The van der Waals surface area contributed by atoms with E-state index in [0.717, 1.165) is 0 Å². The normalized spacial score (nSPS) is 7.67. The molecule has 0 heterocycles. The van der Waals surface area contributed by atoms with Gasteiger partial charge in [0.25, 0.3) is 0 Å². The summed E-state index contributed by atoms with van der Waals surface area (Å²) in [6, 6.07) is 0. The molecule has 0 aromatic rings. The summed E-state index contributed by atoms with van der Waals surface area (Å²) >= 11 is 0. The lowest BCUT2D eigenvalue weighted by Gasteiger charge is -1.90. The summed E-state index contributed by atoms with van der Waals surface area (Å²) in [7, 11) is 8.71. The van der Waals surface area contributed by atoms with Gasteiger partial charge in [-0.15, -0.1) is 0 Å². The average molecular weight is 131 g/mol. The molecule has 0 aliphatic rings. The topological polar surface area (TPSA) is 29.5 Å². The van der Waals surface area contributed by atoms with Crippen LogP contribution in [0, 0.1) is 0 Å². The molecule has 0 aliphatic heterocycles. The maximum Gasteiger partial charge on any atom is 0.242 e. The largest absolute Gasteiger partial charge is 0.477 e. The van der Waals surface area contributed by atoms with E-state index >= 15 is 0 Å². The standard InChI is InChI=1S/C3H9N.C2H5BO2/c1-4(2)3;1-5-2(3)4/h1-3H3;3H2,1H3. The zero-order valence-electron chi connectivity index (χ0n) is 6.76. The number of methoxy groups -OCH3 is 1. The van der Waals surface area contributed by atoms with E-state index in [1.54, 1.807) is 0 Å². The van der Waals surface area contributed by atoms with Crippen molar-refractivity contribution >= 4 is 13.7 Å². The third-order valence-electron chi connectivity index (χ3n) is 0.287. The monoisotopic (exact) mass is 131 g/mol. The summed E-state index contributed by atoms with van der Waals surface area (Å²) in [4.78, 5) is 11.6. The molecule has 0 saturated carbocycles. The van der Waals surface area contributed by atoms with Gasteiger partial charge in [-0.2, -0.15) is 0 Å². The fourth-order valence-electron chi connectivity index (χ4n) is 0. The molecule has 0 aromatic carbocycles. The minimum atomic E-state index is -0.245. The molecule has 0 fully saturated rings. The number of hydrogen-bond acceptors (Lipinski definition) is 3. The van der Waals surface area contributed by atoms with E-state index in [9.17, 15) is 4.79 Å². The summed E-state index contributed by atoms with van der Waals surface area (Å²) in [5, 5.41) is 0. The van der Waals surface area contributed by atoms with Crippen LogP contribution in [0.2, 0.25) is 0 Å². The fourth-order valence-corrected chi connectivity index (χ4v) is 0. The molecule has 0 saturated heterocycles. The Morgan fingerprint density at radius 2 is 1.56 bits per heavy atom. The Kier molecular flexibility index (Phi) is 9.42.